The van der Waals surface area contributed by atoms with E-state index in [0.717, 1.165) is 11.3 Å². The van der Waals surface area contributed by atoms with Crippen molar-refractivity contribution in [3.05, 3.63) is 24.7 Å². The van der Waals surface area contributed by atoms with Crippen LogP contribution in [0.1, 0.15) is 13.8 Å². The smallest absolute Gasteiger partial charge is 0.227 e. The maximum Gasteiger partial charge on any atom is 0.227 e. The summed E-state index contributed by atoms with van der Waals surface area (Å²) in [5, 5.41) is 9.99. The summed E-state index contributed by atoms with van der Waals surface area (Å²) in [6.07, 6.45) is 5.17. The van der Waals surface area contributed by atoms with Crippen LogP contribution in [0.2, 0.25) is 0 Å². The van der Waals surface area contributed by atoms with Gasteiger partial charge in [0.2, 0.25) is 5.91 Å². The molecule has 0 saturated heterocycles. The number of hydrogen-bond acceptors (Lipinski definition) is 4. The molecule has 0 aromatic carbocycles. The first kappa shape index (κ1) is 12.3. The van der Waals surface area contributed by atoms with Gasteiger partial charge in [-0.3, -0.25) is 4.79 Å². The molecule has 0 aliphatic carbocycles. The van der Waals surface area contributed by atoms with Crippen molar-refractivity contribution in [3.63, 3.8) is 0 Å². The Labute approximate surface area is 105 Å². The van der Waals surface area contributed by atoms with Crippen LogP contribution in [0.5, 0.6) is 0 Å². The Morgan fingerprint density at radius 2 is 2.22 bits per heavy atom. The van der Waals surface area contributed by atoms with Crippen molar-refractivity contribution < 1.29 is 4.79 Å². The third-order valence-corrected chi connectivity index (χ3v) is 2.86. The summed E-state index contributed by atoms with van der Waals surface area (Å²) >= 11 is 0. The Morgan fingerprint density at radius 3 is 2.94 bits per heavy atom. The summed E-state index contributed by atoms with van der Waals surface area (Å²) in [5.74, 6) is 0.724. The highest BCUT2D eigenvalue weighted by molar-refractivity contribution is 5.82. The molecule has 0 unspecified atom stereocenters. The highest BCUT2D eigenvalue weighted by Gasteiger charge is 2.26. The molecule has 0 radical (unpaired) electrons. The molecule has 0 aliphatic rings. The fourth-order valence-electron chi connectivity index (χ4n) is 1.72. The number of aromatic nitrogens is 3. The van der Waals surface area contributed by atoms with Gasteiger partial charge in [-0.05, 0) is 19.9 Å². The number of rotatable bonds is 4. The lowest BCUT2D eigenvalue weighted by Crippen LogP contribution is -2.39. The van der Waals surface area contributed by atoms with E-state index in [0.29, 0.717) is 6.54 Å². The molecule has 0 spiro atoms. The minimum absolute atomic E-state index is 0.00420. The summed E-state index contributed by atoms with van der Waals surface area (Å²) in [6.45, 7) is 4.27. The molecule has 0 aliphatic heterocycles. The first-order chi connectivity index (χ1) is 8.54. The van der Waals surface area contributed by atoms with Crippen LogP contribution in [-0.2, 0) is 4.79 Å². The van der Waals surface area contributed by atoms with Gasteiger partial charge in [-0.2, -0.15) is 5.10 Å². The lowest BCUT2D eigenvalue weighted by atomic mass is 9.92. The van der Waals surface area contributed by atoms with Crippen LogP contribution < -0.4 is 10.6 Å². The van der Waals surface area contributed by atoms with Crippen molar-refractivity contribution in [1.29, 1.82) is 0 Å². The molecular weight excluding hydrogens is 230 g/mol. The average Bonchev–Trinajstić information content (AvgIpc) is 2.84. The van der Waals surface area contributed by atoms with Gasteiger partial charge >= 0.3 is 0 Å². The second-order valence-corrected chi connectivity index (χ2v) is 4.75. The highest BCUT2D eigenvalue weighted by Crippen LogP contribution is 2.18. The Balaban J connectivity index is 2.15. The van der Waals surface area contributed by atoms with Crippen molar-refractivity contribution in [2.45, 2.75) is 13.8 Å². The van der Waals surface area contributed by atoms with Gasteiger partial charge in [-0.1, -0.05) is 0 Å². The molecule has 2 N–H and O–H groups in total. The number of amides is 1. The van der Waals surface area contributed by atoms with E-state index < -0.39 is 5.41 Å². The van der Waals surface area contributed by atoms with Gasteiger partial charge in [0.15, 0.2) is 5.82 Å². The lowest BCUT2D eigenvalue weighted by molar-refractivity contribution is -0.128. The van der Waals surface area contributed by atoms with Gasteiger partial charge in [-0.25, -0.2) is 9.50 Å². The molecule has 18 heavy (non-hydrogen) atoms. The van der Waals surface area contributed by atoms with E-state index in [1.54, 1.807) is 30.2 Å². The van der Waals surface area contributed by atoms with E-state index in [1.165, 1.54) is 0 Å². The van der Waals surface area contributed by atoms with Crippen molar-refractivity contribution in [2.24, 2.45) is 5.41 Å². The predicted octanol–water partition coefficient (Wildman–Crippen LogP) is 0.913. The second-order valence-electron chi connectivity index (χ2n) is 4.75. The SMILES string of the molecule is CNC(=O)C(C)(C)CNc1nccn2nccc12. The van der Waals surface area contributed by atoms with E-state index >= 15 is 0 Å². The maximum absolute atomic E-state index is 11.7. The standard InChI is InChI=1S/C12H17N5O/c1-12(2,11(18)13-3)8-15-10-9-4-5-16-17(9)7-6-14-10/h4-7H,8H2,1-3H3,(H,13,18)(H,14,15). The van der Waals surface area contributed by atoms with Crippen molar-refractivity contribution in [1.82, 2.24) is 19.9 Å². The minimum Gasteiger partial charge on any atom is -0.367 e. The van der Waals surface area contributed by atoms with E-state index in [4.69, 9.17) is 0 Å². The van der Waals surface area contributed by atoms with Gasteiger partial charge in [0.05, 0.1) is 11.6 Å². The van der Waals surface area contributed by atoms with Crippen LogP contribution in [0.25, 0.3) is 5.52 Å². The Hall–Kier alpha value is -2.11. The highest BCUT2D eigenvalue weighted by atomic mass is 16.2. The Morgan fingerprint density at radius 1 is 1.44 bits per heavy atom. The average molecular weight is 247 g/mol. The Bertz CT molecular complexity index is 560. The molecule has 6 heteroatoms. The Kier molecular flexibility index (Phi) is 3.18. The molecule has 1 amide bonds. The number of fused-ring (bicyclic) bond motifs is 1. The van der Waals surface area contributed by atoms with E-state index in [-0.39, 0.29) is 5.91 Å². The van der Waals surface area contributed by atoms with Gasteiger partial charge in [0.1, 0.15) is 5.52 Å². The zero-order valence-electron chi connectivity index (χ0n) is 10.8. The van der Waals surface area contributed by atoms with Crippen LogP contribution in [0, 0.1) is 5.41 Å². The molecule has 0 saturated carbocycles. The maximum atomic E-state index is 11.7. The van der Waals surface area contributed by atoms with Gasteiger partial charge in [0.25, 0.3) is 0 Å². The number of nitrogens with one attached hydrogen (secondary N) is 2. The molecule has 6 nitrogen and oxygen atoms in total. The molecular formula is C12H17N5O. The molecule has 2 aromatic heterocycles. The van der Waals surface area contributed by atoms with E-state index in [1.807, 2.05) is 19.9 Å². The van der Waals surface area contributed by atoms with Crippen LogP contribution in [-0.4, -0.2) is 34.1 Å². The molecule has 0 atom stereocenters. The molecule has 2 aromatic rings. The lowest BCUT2D eigenvalue weighted by Gasteiger charge is -2.23. The molecule has 0 bridgehead atoms. The zero-order chi connectivity index (χ0) is 13.2. The molecule has 2 heterocycles. The summed E-state index contributed by atoms with van der Waals surface area (Å²) < 4.78 is 1.74. The van der Waals surface area contributed by atoms with Crippen LogP contribution in [0.4, 0.5) is 5.82 Å². The van der Waals surface area contributed by atoms with Crippen LogP contribution in [0.3, 0.4) is 0 Å². The van der Waals surface area contributed by atoms with Crippen molar-refractivity contribution in [2.75, 3.05) is 18.9 Å². The normalized spacial score (nSPS) is 11.5. The third-order valence-electron chi connectivity index (χ3n) is 2.86. The number of carbonyl (C=O) groups excluding carboxylic acids is 1. The first-order valence-corrected chi connectivity index (χ1v) is 5.79. The fourth-order valence-corrected chi connectivity index (χ4v) is 1.72. The topological polar surface area (TPSA) is 71.3 Å². The van der Waals surface area contributed by atoms with Crippen LogP contribution in [0.15, 0.2) is 24.7 Å². The summed E-state index contributed by atoms with van der Waals surface area (Å²) in [5.41, 5.74) is 0.397. The number of anilines is 1. The second kappa shape index (κ2) is 4.64. The predicted molar refractivity (Wildman–Crippen MR) is 69.3 cm³/mol. The third kappa shape index (κ3) is 2.27. The van der Waals surface area contributed by atoms with Crippen molar-refractivity contribution >= 4 is 17.2 Å². The summed E-state index contributed by atoms with van der Waals surface area (Å²) in [4.78, 5) is 15.9. The summed E-state index contributed by atoms with van der Waals surface area (Å²) in [7, 11) is 1.64. The molecule has 2 rings (SSSR count). The number of carbonyl (C=O) groups is 1. The zero-order valence-corrected chi connectivity index (χ0v) is 10.8. The van der Waals surface area contributed by atoms with Gasteiger partial charge in [0, 0.05) is 26.0 Å². The minimum atomic E-state index is -0.497. The number of nitrogens with zero attached hydrogens (tertiary/aromatic N) is 3. The first-order valence-electron chi connectivity index (χ1n) is 5.79. The molecule has 0 fully saturated rings. The fraction of sp³-hybridized carbons (Fsp3) is 0.417. The largest absolute Gasteiger partial charge is 0.367 e. The quantitative estimate of drug-likeness (QED) is 0.842. The van der Waals surface area contributed by atoms with Gasteiger partial charge in [-0.15, -0.1) is 0 Å². The van der Waals surface area contributed by atoms with Crippen molar-refractivity contribution in [3.8, 4) is 0 Å². The van der Waals surface area contributed by atoms with E-state index in [2.05, 4.69) is 20.7 Å². The molecule has 96 valence electrons. The van der Waals surface area contributed by atoms with Gasteiger partial charge < -0.3 is 10.6 Å². The van der Waals surface area contributed by atoms with Crippen LogP contribution >= 0.6 is 0 Å². The number of hydrogen-bond donors (Lipinski definition) is 2. The summed E-state index contributed by atoms with van der Waals surface area (Å²) in [6, 6.07) is 1.88. The monoisotopic (exact) mass is 247 g/mol. The van der Waals surface area contributed by atoms with E-state index in [9.17, 15) is 4.79 Å².